The van der Waals surface area contributed by atoms with E-state index in [0.717, 1.165) is 24.2 Å². The van der Waals surface area contributed by atoms with Crippen LogP contribution < -0.4 is 5.73 Å². The van der Waals surface area contributed by atoms with Crippen LogP contribution in [0.2, 0.25) is 0 Å². The largest absolute Gasteiger partial charge is 0.469 e. The summed E-state index contributed by atoms with van der Waals surface area (Å²) in [7, 11) is 0. The highest BCUT2D eigenvalue weighted by molar-refractivity contribution is 5.25. The van der Waals surface area contributed by atoms with Crippen LogP contribution in [-0.4, -0.2) is 0 Å². The molecule has 0 radical (unpaired) electrons. The second-order valence-corrected chi connectivity index (χ2v) is 4.13. The van der Waals surface area contributed by atoms with Gasteiger partial charge in [-0.3, -0.25) is 0 Å². The molecule has 1 atom stereocenters. The summed E-state index contributed by atoms with van der Waals surface area (Å²) in [4.78, 5) is 0. The fraction of sp³-hybridized carbons (Fsp3) is 0.286. The third-order valence-corrected chi connectivity index (χ3v) is 3.05. The van der Waals surface area contributed by atoms with Gasteiger partial charge in [0.1, 0.15) is 5.76 Å². The fourth-order valence-corrected chi connectivity index (χ4v) is 1.93. The van der Waals surface area contributed by atoms with Crippen molar-refractivity contribution in [1.29, 1.82) is 0 Å². The smallest absolute Gasteiger partial charge is 0.105 e. The lowest BCUT2D eigenvalue weighted by molar-refractivity contribution is 0.377. The second-order valence-electron chi connectivity index (χ2n) is 4.13. The number of hydrogen-bond donors (Lipinski definition) is 1. The Morgan fingerprint density at radius 2 is 1.88 bits per heavy atom. The van der Waals surface area contributed by atoms with Crippen molar-refractivity contribution in [3.63, 3.8) is 0 Å². The van der Waals surface area contributed by atoms with Gasteiger partial charge in [-0.05, 0) is 24.1 Å². The van der Waals surface area contributed by atoms with Crippen molar-refractivity contribution < 1.29 is 4.42 Å². The Bertz CT molecular complexity index is 421. The molecule has 2 nitrogen and oxygen atoms in total. The van der Waals surface area contributed by atoms with E-state index >= 15 is 0 Å². The minimum absolute atomic E-state index is 0.334. The average molecular weight is 215 g/mol. The molecule has 1 aromatic heterocycles. The molecule has 2 aromatic rings. The van der Waals surface area contributed by atoms with Crippen molar-refractivity contribution in [3.8, 4) is 0 Å². The van der Waals surface area contributed by atoms with Gasteiger partial charge in [0.15, 0.2) is 0 Å². The summed E-state index contributed by atoms with van der Waals surface area (Å²) in [5.74, 6) is 0.938. The molecule has 0 saturated heterocycles. The number of nitrogens with two attached hydrogens (primary N) is 1. The standard InChI is InChI=1S/C14H17NO/c1-2-14(15,11-13-9-6-10-16-13)12-7-4-3-5-8-12/h3-10H,2,11,15H2,1H3. The number of rotatable bonds is 4. The molecule has 0 aliphatic heterocycles. The number of hydrogen-bond acceptors (Lipinski definition) is 2. The first-order valence-corrected chi connectivity index (χ1v) is 5.61. The van der Waals surface area contributed by atoms with Crippen molar-refractivity contribution in [2.45, 2.75) is 25.3 Å². The quantitative estimate of drug-likeness (QED) is 0.851. The Morgan fingerprint density at radius 1 is 1.12 bits per heavy atom. The molecule has 16 heavy (non-hydrogen) atoms. The zero-order valence-electron chi connectivity index (χ0n) is 9.52. The molecule has 0 aliphatic carbocycles. The average Bonchev–Trinajstić information content (AvgIpc) is 2.83. The number of benzene rings is 1. The molecule has 0 bridgehead atoms. The maximum Gasteiger partial charge on any atom is 0.105 e. The summed E-state index contributed by atoms with van der Waals surface area (Å²) in [6.45, 7) is 2.11. The summed E-state index contributed by atoms with van der Waals surface area (Å²) in [6.07, 6.45) is 3.31. The molecule has 0 saturated carbocycles. The van der Waals surface area contributed by atoms with Crippen molar-refractivity contribution in [2.75, 3.05) is 0 Å². The van der Waals surface area contributed by atoms with E-state index in [4.69, 9.17) is 10.2 Å². The van der Waals surface area contributed by atoms with Crippen LogP contribution in [0.25, 0.3) is 0 Å². The van der Waals surface area contributed by atoms with Crippen LogP contribution in [0.3, 0.4) is 0 Å². The maximum atomic E-state index is 6.45. The van der Waals surface area contributed by atoms with E-state index in [-0.39, 0.29) is 5.54 Å². The predicted octanol–water partition coefficient (Wildman–Crippen LogP) is 3.09. The van der Waals surface area contributed by atoms with E-state index in [1.807, 2.05) is 30.3 Å². The predicted molar refractivity (Wildman–Crippen MR) is 65.0 cm³/mol. The second kappa shape index (κ2) is 4.54. The maximum absolute atomic E-state index is 6.45. The highest BCUT2D eigenvalue weighted by atomic mass is 16.3. The van der Waals surface area contributed by atoms with Gasteiger partial charge in [0.2, 0.25) is 0 Å². The van der Waals surface area contributed by atoms with Gasteiger partial charge in [0.05, 0.1) is 6.26 Å². The van der Waals surface area contributed by atoms with Crippen molar-refractivity contribution in [2.24, 2.45) is 5.73 Å². The molecule has 2 heteroatoms. The number of furan rings is 1. The lowest BCUT2D eigenvalue weighted by Crippen LogP contribution is -2.38. The minimum Gasteiger partial charge on any atom is -0.469 e. The molecular formula is C14H17NO. The van der Waals surface area contributed by atoms with E-state index in [2.05, 4.69) is 19.1 Å². The third kappa shape index (κ3) is 2.17. The van der Waals surface area contributed by atoms with Crippen LogP contribution >= 0.6 is 0 Å². The molecular weight excluding hydrogens is 198 g/mol. The Hall–Kier alpha value is -1.54. The van der Waals surface area contributed by atoms with Gasteiger partial charge < -0.3 is 10.2 Å². The third-order valence-electron chi connectivity index (χ3n) is 3.05. The molecule has 1 aromatic carbocycles. The topological polar surface area (TPSA) is 39.2 Å². The lowest BCUT2D eigenvalue weighted by atomic mass is 9.84. The van der Waals surface area contributed by atoms with Crippen LogP contribution in [-0.2, 0) is 12.0 Å². The van der Waals surface area contributed by atoms with Gasteiger partial charge in [-0.15, -0.1) is 0 Å². The van der Waals surface area contributed by atoms with E-state index in [0.29, 0.717) is 0 Å². The Balaban J connectivity index is 2.26. The molecule has 2 N–H and O–H groups in total. The summed E-state index contributed by atoms with van der Waals surface area (Å²) in [5.41, 5.74) is 7.28. The molecule has 0 amide bonds. The monoisotopic (exact) mass is 215 g/mol. The van der Waals surface area contributed by atoms with Crippen molar-refractivity contribution in [3.05, 3.63) is 60.1 Å². The highest BCUT2D eigenvalue weighted by Gasteiger charge is 2.26. The van der Waals surface area contributed by atoms with Crippen LogP contribution in [0, 0.1) is 0 Å². The van der Waals surface area contributed by atoms with Crippen molar-refractivity contribution in [1.82, 2.24) is 0 Å². The summed E-state index contributed by atoms with van der Waals surface area (Å²) in [5, 5.41) is 0. The van der Waals surface area contributed by atoms with Gasteiger partial charge in [-0.25, -0.2) is 0 Å². The summed E-state index contributed by atoms with van der Waals surface area (Å²) < 4.78 is 5.37. The minimum atomic E-state index is -0.334. The highest BCUT2D eigenvalue weighted by Crippen LogP contribution is 2.26. The van der Waals surface area contributed by atoms with Gasteiger partial charge in [0.25, 0.3) is 0 Å². The lowest BCUT2D eigenvalue weighted by Gasteiger charge is -2.27. The molecule has 0 fully saturated rings. The zero-order chi connectivity index (χ0) is 11.4. The van der Waals surface area contributed by atoms with Gasteiger partial charge >= 0.3 is 0 Å². The van der Waals surface area contributed by atoms with Gasteiger partial charge in [-0.2, -0.15) is 0 Å². The normalized spacial score (nSPS) is 14.6. The van der Waals surface area contributed by atoms with Gasteiger partial charge in [-0.1, -0.05) is 37.3 Å². The van der Waals surface area contributed by atoms with Crippen molar-refractivity contribution >= 4 is 0 Å². The van der Waals surface area contributed by atoms with Crippen LogP contribution in [0.15, 0.2) is 53.1 Å². The Kier molecular flexibility index (Phi) is 3.11. The Labute approximate surface area is 96.1 Å². The fourth-order valence-electron chi connectivity index (χ4n) is 1.93. The molecule has 1 heterocycles. The first kappa shape index (κ1) is 11.0. The van der Waals surface area contributed by atoms with Crippen LogP contribution in [0.4, 0.5) is 0 Å². The van der Waals surface area contributed by atoms with Crippen LogP contribution in [0.1, 0.15) is 24.7 Å². The molecule has 0 aliphatic rings. The first-order chi connectivity index (χ1) is 7.74. The molecule has 84 valence electrons. The molecule has 1 unspecified atom stereocenters. The molecule has 2 rings (SSSR count). The molecule has 0 spiro atoms. The summed E-state index contributed by atoms with van der Waals surface area (Å²) >= 11 is 0. The van der Waals surface area contributed by atoms with E-state index in [1.54, 1.807) is 6.26 Å². The zero-order valence-corrected chi connectivity index (χ0v) is 9.52. The SMILES string of the molecule is CCC(N)(Cc1ccco1)c1ccccc1. The van der Waals surface area contributed by atoms with E-state index in [1.165, 1.54) is 0 Å². The van der Waals surface area contributed by atoms with Gasteiger partial charge in [0, 0.05) is 12.0 Å². The van der Waals surface area contributed by atoms with E-state index < -0.39 is 0 Å². The van der Waals surface area contributed by atoms with Crippen LogP contribution in [0.5, 0.6) is 0 Å². The summed E-state index contributed by atoms with van der Waals surface area (Å²) in [6, 6.07) is 14.1. The first-order valence-electron chi connectivity index (χ1n) is 5.61. The Morgan fingerprint density at radius 3 is 2.44 bits per heavy atom. The van der Waals surface area contributed by atoms with E-state index in [9.17, 15) is 0 Å².